The van der Waals surface area contributed by atoms with Crippen LogP contribution in [0.1, 0.15) is 141 Å². The smallest absolute Gasteiger partial charge is 0.187 e. The van der Waals surface area contributed by atoms with Crippen molar-refractivity contribution in [3.8, 4) is 11.1 Å². The van der Waals surface area contributed by atoms with Crippen LogP contribution in [0, 0.1) is 29.7 Å². The lowest BCUT2D eigenvalue weighted by molar-refractivity contribution is -0.00924. The zero-order valence-corrected chi connectivity index (χ0v) is 38.0. The molecule has 314 valence electrons. The lowest BCUT2D eigenvalue weighted by Crippen LogP contribution is -2.60. The highest BCUT2D eigenvalue weighted by Crippen LogP contribution is 2.65. The molecule has 2 nitrogen and oxygen atoms in total. The van der Waals surface area contributed by atoms with Gasteiger partial charge in [-0.25, -0.2) is 4.85 Å². The maximum absolute atomic E-state index is 7.60. The summed E-state index contributed by atoms with van der Waals surface area (Å²) in [6.07, 6.45) is 20.9. The molecular formula is C61H60N2. The van der Waals surface area contributed by atoms with Crippen molar-refractivity contribution >= 4 is 39.5 Å². The van der Waals surface area contributed by atoms with E-state index in [-0.39, 0.29) is 27.7 Å². The zero-order valence-electron chi connectivity index (χ0n) is 38.0. The van der Waals surface area contributed by atoms with Crippen LogP contribution in [0.15, 0.2) is 121 Å². The third kappa shape index (κ3) is 5.60. The van der Waals surface area contributed by atoms with Gasteiger partial charge in [-0.1, -0.05) is 161 Å². The Balaban J connectivity index is 0.939. The maximum Gasteiger partial charge on any atom is 0.187 e. The summed E-state index contributed by atoms with van der Waals surface area (Å²) in [5.41, 5.74) is 21.1. The highest BCUT2D eigenvalue weighted by atomic mass is 15.2. The predicted molar refractivity (Wildman–Crippen MR) is 264 cm³/mol. The molecule has 0 saturated heterocycles. The first-order valence-electron chi connectivity index (χ1n) is 24.1. The number of fused-ring (bicyclic) bond motifs is 4. The van der Waals surface area contributed by atoms with E-state index in [0.29, 0.717) is 5.92 Å². The predicted octanol–water partition coefficient (Wildman–Crippen LogP) is 16.4. The van der Waals surface area contributed by atoms with Gasteiger partial charge < -0.3 is 4.90 Å². The molecule has 6 unspecified atom stereocenters. The molecule has 1 heterocycles. The van der Waals surface area contributed by atoms with Crippen LogP contribution < -0.4 is 4.90 Å². The molecule has 5 aliphatic carbocycles. The second-order valence-corrected chi connectivity index (χ2v) is 21.6. The Labute approximate surface area is 375 Å². The molecular weight excluding hydrogens is 761 g/mol. The van der Waals surface area contributed by atoms with Gasteiger partial charge in [0.05, 0.1) is 6.57 Å². The van der Waals surface area contributed by atoms with E-state index in [4.69, 9.17) is 6.57 Å². The van der Waals surface area contributed by atoms with Gasteiger partial charge in [0.15, 0.2) is 5.69 Å². The van der Waals surface area contributed by atoms with Gasteiger partial charge in [-0.2, -0.15) is 0 Å². The van der Waals surface area contributed by atoms with Crippen LogP contribution in [-0.4, -0.2) is 5.54 Å². The van der Waals surface area contributed by atoms with Crippen molar-refractivity contribution in [1.82, 2.24) is 0 Å². The number of allylic oxidation sites excluding steroid dienone is 3. The zero-order chi connectivity index (χ0) is 42.9. The first-order chi connectivity index (χ1) is 30.5. The van der Waals surface area contributed by atoms with Crippen molar-refractivity contribution in [3.63, 3.8) is 0 Å². The number of rotatable bonds is 4. The van der Waals surface area contributed by atoms with Crippen molar-refractivity contribution in [2.75, 3.05) is 4.90 Å². The Hall–Kier alpha value is -5.65. The van der Waals surface area contributed by atoms with Crippen LogP contribution in [-0.2, 0) is 19.3 Å². The van der Waals surface area contributed by atoms with E-state index >= 15 is 0 Å². The van der Waals surface area contributed by atoms with Crippen molar-refractivity contribution < 1.29 is 0 Å². The maximum atomic E-state index is 7.60. The van der Waals surface area contributed by atoms with E-state index in [0.717, 1.165) is 24.9 Å². The molecule has 0 bridgehead atoms. The second-order valence-electron chi connectivity index (χ2n) is 21.6. The largest absolute Gasteiger partial charge is 0.335 e. The molecule has 0 radical (unpaired) electrons. The Morgan fingerprint density at radius 2 is 1.41 bits per heavy atom. The van der Waals surface area contributed by atoms with E-state index in [9.17, 15) is 0 Å². The van der Waals surface area contributed by atoms with E-state index in [1.807, 2.05) is 12.1 Å². The molecule has 0 aromatic heterocycles. The molecule has 1 aliphatic heterocycles. The molecule has 63 heavy (non-hydrogen) atoms. The van der Waals surface area contributed by atoms with Gasteiger partial charge >= 0.3 is 0 Å². The summed E-state index contributed by atoms with van der Waals surface area (Å²) in [5.74, 6) is 0.540. The molecule has 6 atom stereocenters. The fraction of sp³-hybridized carbons (Fsp3) is 0.361. The summed E-state index contributed by atoms with van der Waals surface area (Å²) in [6, 6.07) is 42.5. The number of hydrogen-bond donors (Lipinski definition) is 0. The average Bonchev–Trinajstić information content (AvgIpc) is 3.29. The lowest BCUT2D eigenvalue weighted by Gasteiger charge is -2.60. The quantitative estimate of drug-likeness (QED) is 0.161. The number of anilines is 2. The van der Waals surface area contributed by atoms with Gasteiger partial charge in [0.1, 0.15) is 0 Å². The van der Waals surface area contributed by atoms with Crippen LogP contribution >= 0.6 is 0 Å². The molecule has 2 fully saturated rings. The van der Waals surface area contributed by atoms with Crippen molar-refractivity contribution in [2.45, 2.75) is 123 Å². The van der Waals surface area contributed by atoms with Crippen LogP contribution in [0.4, 0.5) is 17.1 Å². The standard InChI is InChI=1S/C61H60N2/c1-39-11-23-48(24-12-39)63-54-30-20-44(36-46(54)38-59(3)32-8-10-34-61(59,63)5)50-26-16-41-17-28-52-49(25-15-40-18-29-53(50)56(41)55(40)52)43-19-27-51-45(35-43)37-58(2)31-7-9-33-60(58,4)57(51)42-13-21-47(62-6)22-14-42/h11-17,19-30,35-36,50,57H,7-10,18,31-34,37-38H2,1-5H3. The summed E-state index contributed by atoms with van der Waals surface area (Å²) < 4.78 is 0. The first kappa shape index (κ1) is 39.0. The fourth-order valence-electron chi connectivity index (χ4n) is 14.4. The first-order valence-corrected chi connectivity index (χ1v) is 24.1. The summed E-state index contributed by atoms with van der Waals surface area (Å²) in [4.78, 5) is 6.47. The Bertz CT molecular complexity index is 2980. The van der Waals surface area contributed by atoms with Crippen molar-refractivity contribution in [1.29, 1.82) is 0 Å². The van der Waals surface area contributed by atoms with Crippen LogP contribution in [0.25, 0.3) is 38.4 Å². The SMILES string of the molecule is [C-]#[N+]c1ccc(C2c3ccc(-c4ccc5c6c7c(ccc46)C=CC(c4ccc6c(c4)CC4(C)CCCCC4(C)N6c4ccc(C)cc4)C7=CC5)cc3CC3(C)CCCCC23C)cc1. The highest BCUT2D eigenvalue weighted by Gasteiger charge is 2.55. The Morgan fingerprint density at radius 3 is 2.22 bits per heavy atom. The lowest BCUT2D eigenvalue weighted by atomic mass is 9.46. The molecule has 12 rings (SSSR count). The van der Waals surface area contributed by atoms with Crippen LogP contribution in [0.3, 0.4) is 0 Å². The van der Waals surface area contributed by atoms with E-state index in [1.165, 1.54) is 140 Å². The minimum absolute atomic E-state index is 0.0810. The molecule has 0 amide bonds. The van der Waals surface area contributed by atoms with Crippen molar-refractivity contribution in [2.24, 2.45) is 16.2 Å². The minimum Gasteiger partial charge on any atom is -0.335 e. The van der Waals surface area contributed by atoms with E-state index in [1.54, 1.807) is 0 Å². The van der Waals surface area contributed by atoms with E-state index < -0.39 is 0 Å². The number of benzene rings is 6. The highest BCUT2D eigenvalue weighted by molar-refractivity contribution is 6.09. The normalized spacial score (nSPS) is 28.9. The van der Waals surface area contributed by atoms with Gasteiger partial charge in [0.2, 0.25) is 0 Å². The Morgan fingerprint density at radius 1 is 0.667 bits per heavy atom. The van der Waals surface area contributed by atoms with Crippen LogP contribution in [0.5, 0.6) is 0 Å². The monoisotopic (exact) mass is 820 g/mol. The van der Waals surface area contributed by atoms with Gasteiger partial charge in [-0.3, -0.25) is 0 Å². The summed E-state index contributed by atoms with van der Waals surface area (Å²) in [7, 11) is 0. The second kappa shape index (κ2) is 13.9. The number of hydrogen-bond acceptors (Lipinski definition) is 1. The topological polar surface area (TPSA) is 7.60 Å². The minimum atomic E-state index is 0.0810. The molecule has 6 aliphatic rings. The van der Waals surface area contributed by atoms with E-state index in [2.05, 4.69) is 160 Å². The fourth-order valence-corrected chi connectivity index (χ4v) is 14.4. The summed E-state index contributed by atoms with van der Waals surface area (Å²) in [6.45, 7) is 20.1. The molecule has 6 aromatic rings. The Kier molecular flexibility index (Phi) is 8.61. The average molecular weight is 821 g/mol. The molecule has 2 heteroatoms. The van der Waals surface area contributed by atoms with Gasteiger partial charge in [-0.15, -0.1) is 0 Å². The number of nitrogens with zero attached hydrogens (tertiary/aromatic N) is 2. The number of aryl methyl sites for hydroxylation is 1. The van der Waals surface area contributed by atoms with Crippen molar-refractivity contribution in [3.05, 3.63) is 183 Å². The third-order valence-corrected chi connectivity index (χ3v) is 18.3. The third-order valence-electron chi connectivity index (χ3n) is 18.3. The summed E-state index contributed by atoms with van der Waals surface area (Å²) in [5, 5.41) is 2.83. The molecule has 0 spiro atoms. The summed E-state index contributed by atoms with van der Waals surface area (Å²) >= 11 is 0. The molecule has 0 N–H and O–H groups in total. The molecule has 2 saturated carbocycles. The van der Waals surface area contributed by atoms with Crippen LogP contribution in [0.2, 0.25) is 0 Å². The van der Waals surface area contributed by atoms with Gasteiger partial charge in [0, 0.05) is 28.7 Å². The molecule has 6 aromatic carbocycles. The van der Waals surface area contributed by atoms with Gasteiger partial charge in [-0.05, 0) is 165 Å². The van der Waals surface area contributed by atoms with Gasteiger partial charge in [0.25, 0.3) is 0 Å².